The van der Waals surface area contributed by atoms with Crippen LogP contribution in [0.2, 0.25) is 10.0 Å². The molecule has 11 heteroatoms. The maximum absolute atomic E-state index is 12.8. The maximum atomic E-state index is 12.8. The summed E-state index contributed by atoms with van der Waals surface area (Å²) in [6.07, 6.45) is 0.556. The van der Waals surface area contributed by atoms with Crippen LogP contribution in [0.15, 0.2) is 18.2 Å². The summed E-state index contributed by atoms with van der Waals surface area (Å²) >= 11 is 12.0. The summed E-state index contributed by atoms with van der Waals surface area (Å²) in [7, 11) is 1.95. The van der Waals surface area contributed by atoms with Crippen LogP contribution < -0.4 is 10.6 Å². The second kappa shape index (κ2) is 9.21. The third kappa shape index (κ3) is 4.23. The van der Waals surface area contributed by atoms with Crippen molar-refractivity contribution in [2.24, 2.45) is 5.92 Å². The van der Waals surface area contributed by atoms with Crippen molar-refractivity contribution in [2.75, 3.05) is 20.2 Å². The van der Waals surface area contributed by atoms with E-state index in [0.29, 0.717) is 22.4 Å². The smallest absolute Gasteiger partial charge is 0.549 e. The lowest BCUT2D eigenvalue weighted by Crippen LogP contribution is -2.74. The summed E-state index contributed by atoms with van der Waals surface area (Å²) in [6, 6.07) is 4.17. The van der Waals surface area contributed by atoms with Crippen LogP contribution in [0.4, 0.5) is 0 Å². The molecule has 32 heavy (non-hydrogen) atoms. The number of hydrogen-bond acceptors (Lipinski definition) is 5. The standard InChI is InChI=1S/C21H30BCl2N3O5/c1-12(2)8-18(22-27(5,13(3)11-31-22)14(4)21(30)32-22)26-19(28)10-25-20(29)16-9-15(23)6-7-17(16)24/h6-7,9,12-14,18H,8,10-11H2,1-5H3,(H,25,29)(H,26,28)/t13-,14-,18+,22?,27?/m1/s1. The molecule has 2 heterocycles. The van der Waals surface area contributed by atoms with Crippen LogP contribution in [0, 0.1) is 5.92 Å². The number of benzene rings is 1. The molecule has 0 radical (unpaired) electrons. The van der Waals surface area contributed by atoms with Gasteiger partial charge >= 0.3 is 12.7 Å². The van der Waals surface area contributed by atoms with Gasteiger partial charge in [0.05, 0.1) is 29.8 Å². The van der Waals surface area contributed by atoms with Crippen molar-refractivity contribution in [3.63, 3.8) is 0 Å². The Morgan fingerprint density at radius 3 is 2.62 bits per heavy atom. The molecule has 2 aliphatic rings. The molecule has 2 unspecified atom stereocenters. The Hall–Kier alpha value is -1.81. The van der Waals surface area contributed by atoms with E-state index in [4.69, 9.17) is 32.5 Å². The first kappa shape index (κ1) is 24.8. The number of likely N-dealkylation sites (N-methyl/N-ethyl adjacent to an activating group) is 1. The van der Waals surface area contributed by atoms with Gasteiger partial charge in [-0.2, -0.15) is 0 Å². The van der Waals surface area contributed by atoms with Crippen LogP contribution in [0.3, 0.4) is 0 Å². The molecule has 0 aromatic heterocycles. The molecule has 2 fully saturated rings. The molecule has 0 bridgehead atoms. The van der Waals surface area contributed by atoms with E-state index in [9.17, 15) is 14.4 Å². The molecular weight excluding hydrogens is 456 g/mol. The van der Waals surface area contributed by atoms with E-state index in [1.165, 1.54) is 12.1 Å². The van der Waals surface area contributed by atoms with Crippen molar-refractivity contribution in [1.82, 2.24) is 10.6 Å². The normalized spacial score (nSPS) is 30.1. The van der Waals surface area contributed by atoms with E-state index >= 15 is 0 Å². The molecule has 176 valence electrons. The topological polar surface area (TPSA) is 93.7 Å². The van der Waals surface area contributed by atoms with Crippen LogP contribution in [-0.2, 0) is 18.9 Å². The minimum absolute atomic E-state index is 0.0349. The summed E-state index contributed by atoms with van der Waals surface area (Å²) in [6.45, 7) is 5.90. The largest absolute Gasteiger partial charge is 0.609 e. The fourth-order valence-corrected chi connectivity index (χ4v) is 5.28. The molecule has 3 rings (SSSR count). The van der Waals surface area contributed by atoms with Crippen molar-refractivity contribution in [3.05, 3.63) is 33.8 Å². The predicted molar refractivity (Wildman–Crippen MR) is 123 cm³/mol. The Kier molecular flexibility index (Phi) is 7.15. The predicted octanol–water partition coefficient (Wildman–Crippen LogP) is 2.54. The summed E-state index contributed by atoms with van der Waals surface area (Å²) in [5.41, 5.74) is 0.184. The van der Waals surface area contributed by atoms with Crippen LogP contribution in [0.1, 0.15) is 44.5 Å². The fraction of sp³-hybridized carbons (Fsp3) is 0.571. The second-order valence-corrected chi connectivity index (χ2v) is 10.2. The molecule has 0 aliphatic carbocycles. The number of rotatable bonds is 7. The molecule has 0 spiro atoms. The molecule has 1 aromatic rings. The van der Waals surface area contributed by atoms with E-state index < -0.39 is 30.5 Å². The van der Waals surface area contributed by atoms with Gasteiger partial charge in [0.15, 0.2) is 0 Å². The first-order valence-corrected chi connectivity index (χ1v) is 11.6. The maximum Gasteiger partial charge on any atom is 0.549 e. The molecule has 2 amide bonds. The zero-order chi connectivity index (χ0) is 23.8. The highest BCUT2D eigenvalue weighted by Crippen LogP contribution is 2.44. The Morgan fingerprint density at radius 2 is 1.97 bits per heavy atom. The van der Waals surface area contributed by atoms with Gasteiger partial charge in [-0.15, -0.1) is 0 Å². The van der Waals surface area contributed by atoms with E-state index in [0.717, 1.165) is 0 Å². The van der Waals surface area contributed by atoms with Crippen molar-refractivity contribution in [3.8, 4) is 0 Å². The van der Waals surface area contributed by atoms with E-state index in [1.54, 1.807) is 6.07 Å². The number of hydrogen-bond donors (Lipinski definition) is 2. The van der Waals surface area contributed by atoms with Crippen molar-refractivity contribution in [1.29, 1.82) is 0 Å². The monoisotopic (exact) mass is 485 g/mol. The number of nitrogens with zero attached hydrogens (tertiary/aromatic N) is 1. The molecule has 8 nitrogen and oxygen atoms in total. The minimum Gasteiger partial charge on any atom is -0.609 e. The van der Waals surface area contributed by atoms with Gasteiger partial charge < -0.3 is 24.3 Å². The number of quaternary nitrogens is 1. The molecule has 2 aliphatic heterocycles. The number of nitrogens with one attached hydrogen (secondary N) is 2. The number of halogens is 2. The number of carbonyl (C=O) groups is 3. The average Bonchev–Trinajstić information content (AvgIpc) is 3.09. The van der Waals surface area contributed by atoms with Gasteiger partial charge in [-0.05, 0) is 38.0 Å². The van der Waals surface area contributed by atoms with E-state index in [-0.39, 0.29) is 35.1 Å². The van der Waals surface area contributed by atoms with Crippen LogP contribution in [-0.4, -0.2) is 67.1 Å². The van der Waals surface area contributed by atoms with Gasteiger partial charge in [-0.1, -0.05) is 43.5 Å². The van der Waals surface area contributed by atoms with Crippen molar-refractivity contribution < 1.29 is 28.1 Å². The molecule has 1 aromatic carbocycles. The van der Waals surface area contributed by atoms with Gasteiger partial charge in [-0.25, -0.2) is 4.79 Å². The highest BCUT2D eigenvalue weighted by atomic mass is 35.5. The van der Waals surface area contributed by atoms with Gasteiger partial charge in [0.2, 0.25) is 5.91 Å². The highest BCUT2D eigenvalue weighted by molar-refractivity contribution is 6.65. The van der Waals surface area contributed by atoms with Crippen LogP contribution in [0.25, 0.3) is 0 Å². The van der Waals surface area contributed by atoms with E-state index in [2.05, 4.69) is 10.6 Å². The Bertz CT molecular complexity index is 933. The quantitative estimate of drug-likeness (QED) is 0.579. The lowest BCUT2D eigenvalue weighted by molar-refractivity contribution is -0.844. The molecular formula is C21H30BCl2N3O5. The van der Waals surface area contributed by atoms with Gasteiger partial charge in [-0.3, -0.25) is 9.59 Å². The third-order valence-electron chi connectivity index (χ3n) is 6.92. The lowest BCUT2D eigenvalue weighted by atomic mass is 9.57. The third-order valence-corrected chi connectivity index (χ3v) is 7.49. The van der Waals surface area contributed by atoms with Crippen molar-refractivity contribution in [2.45, 2.75) is 52.1 Å². The summed E-state index contributed by atoms with van der Waals surface area (Å²) in [5, 5.41) is 6.14. The molecule has 5 atom stereocenters. The second-order valence-electron chi connectivity index (χ2n) is 9.36. The van der Waals surface area contributed by atoms with Crippen molar-refractivity contribution >= 4 is 47.7 Å². The summed E-state index contributed by atoms with van der Waals surface area (Å²) in [5.74, 6) is -1.57. The Morgan fingerprint density at radius 1 is 1.28 bits per heavy atom. The number of carbonyl (C=O) groups excluding carboxylic acids is 3. The molecule has 2 saturated heterocycles. The van der Waals surface area contributed by atoms with Crippen LogP contribution in [0.5, 0.6) is 0 Å². The average molecular weight is 486 g/mol. The van der Waals surface area contributed by atoms with E-state index in [1.807, 2.05) is 34.7 Å². The lowest BCUT2D eigenvalue weighted by Gasteiger charge is -2.50. The first-order chi connectivity index (χ1) is 14.9. The molecule has 0 saturated carbocycles. The number of fused-ring (bicyclic) bond motifs is 1. The summed E-state index contributed by atoms with van der Waals surface area (Å²) < 4.78 is 12.3. The zero-order valence-electron chi connectivity index (χ0n) is 19.0. The first-order valence-electron chi connectivity index (χ1n) is 10.8. The summed E-state index contributed by atoms with van der Waals surface area (Å²) in [4.78, 5) is 37.9. The Balaban J connectivity index is 1.76. The van der Waals surface area contributed by atoms with Gasteiger partial charge in [0, 0.05) is 18.0 Å². The Labute approximate surface area is 198 Å². The van der Waals surface area contributed by atoms with Gasteiger partial charge in [0.25, 0.3) is 5.91 Å². The zero-order valence-corrected chi connectivity index (χ0v) is 20.5. The van der Waals surface area contributed by atoms with Gasteiger partial charge in [0.1, 0.15) is 6.04 Å². The van der Waals surface area contributed by atoms with Crippen LogP contribution >= 0.6 is 23.2 Å². The highest BCUT2D eigenvalue weighted by Gasteiger charge is 2.70. The number of amides is 2. The SMILES string of the molecule is CC(C)C[C@H](NC(=O)CNC(=O)c1cc(Cl)ccc1Cl)[B-]12OC[C@@H](C)[N+]1(C)[C@H](C)C(=O)O2. The molecule has 2 N–H and O–H groups in total. The fourth-order valence-electron chi connectivity index (χ4n) is 4.90. The minimum atomic E-state index is -2.16.